The number of hydrogen-bond donors (Lipinski definition) is 0. The zero-order valence-corrected chi connectivity index (χ0v) is 12.1. The molecule has 7 heteroatoms. The Kier molecular flexibility index (Phi) is 4.54. The summed E-state index contributed by atoms with van der Waals surface area (Å²) >= 11 is 5.78. The summed E-state index contributed by atoms with van der Waals surface area (Å²) in [6, 6.07) is 0. The van der Waals surface area contributed by atoms with E-state index >= 15 is 0 Å². The maximum atomic E-state index is 13.3. The summed E-state index contributed by atoms with van der Waals surface area (Å²) in [4.78, 5) is 13.5. The third kappa shape index (κ3) is 3.06. The van der Waals surface area contributed by atoms with Crippen LogP contribution in [0.5, 0.6) is 0 Å². The Morgan fingerprint density at radius 2 is 2.00 bits per heavy atom. The molecule has 116 valence electrons. The fourth-order valence-electron chi connectivity index (χ4n) is 3.40. The van der Waals surface area contributed by atoms with Gasteiger partial charge in [0.1, 0.15) is 5.38 Å². The Bertz CT molecular complexity index is 367. The molecular formula is C13H19ClF3NO2. The van der Waals surface area contributed by atoms with Gasteiger partial charge in [0, 0.05) is 31.7 Å². The number of carbonyl (C=O) groups is 1. The van der Waals surface area contributed by atoms with Crippen LogP contribution in [0.15, 0.2) is 0 Å². The predicted molar refractivity (Wildman–Crippen MR) is 68.5 cm³/mol. The van der Waals surface area contributed by atoms with Gasteiger partial charge in [-0.3, -0.25) is 4.79 Å². The molecular weight excluding hydrogens is 295 g/mol. The molecule has 0 aliphatic carbocycles. The highest BCUT2D eigenvalue weighted by molar-refractivity contribution is 6.30. The zero-order valence-electron chi connectivity index (χ0n) is 11.4. The van der Waals surface area contributed by atoms with Crippen molar-refractivity contribution in [2.45, 2.75) is 37.7 Å². The summed E-state index contributed by atoms with van der Waals surface area (Å²) in [6.45, 7) is 2.46. The number of halogens is 4. The minimum absolute atomic E-state index is 0.0428. The zero-order chi connectivity index (χ0) is 15.0. The van der Waals surface area contributed by atoms with E-state index < -0.39 is 22.9 Å². The van der Waals surface area contributed by atoms with E-state index in [9.17, 15) is 18.0 Å². The van der Waals surface area contributed by atoms with Gasteiger partial charge in [0.15, 0.2) is 0 Å². The largest absolute Gasteiger partial charge is 0.392 e. The highest BCUT2D eigenvalue weighted by Crippen LogP contribution is 2.50. The van der Waals surface area contributed by atoms with Crippen molar-refractivity contribution < 1.29 is 22.7 Å². The van der Waals surface area contributed by atoms with Crippen LogP contribution in [0, 0.1) is 11.3 Å². The molecule has 2 fully saturated rings. The van der Waals surface area contributed by atoms with Gasteiger partial charge in [-0.1, -0.05) is 0 Å². The van der Waals surface area contributed by atoms with Gasteiger partial charge in [-0.25, -0.2) is 0 Å². The van der Waals surface area contributed by atoms with Crippen LogP contribution in [-0.2, 0) is 9.53 Å². The molecule has 2 aliphatic rings. The number of rotatable bonds is 1. The van der Waals surface area contributed by atoms with E-state index in [-0.39, 0.29) is 25.4 Å². The molecule has 0 saturated carbocycles. The number of carbonyl (C=O) groups excluding carboxylic acids is 1. The Morgan fingerprint density at radius 3 is 2.50 bits per heavy atom. The van der Waals surface area contributed by atoms with Crippen LogP contribution in [0.1, 0.15) is 26.2 Å². The lowest BCUT2D eigenvalue weighted by atomic mass is 9.65. The standard InChI is InChI=1S/C13H19ClF3NO2/c1-9(14)11(19)18-5-2-10(13(15,16)17)12(8-18)3-6-20-7-4-12/h9-10H,2-8H2,1H3. The van der Waals surface area contributed by atoms with Crippen molar-refractivity contribution in [2.75, 3.05) is 26.3 Å². The monoisotopic (exact) mass is 313 g/mol. The molecule has 3 nitrogen and oxygen atoms in total. The van der Waals surface area contributed by atoms with E-state index in [4.69, 9.17) is 16.3 Å². The van der Waals surface area contributed by atoms with E-state index in [0.717, 1.165) is 0 Å². The Morgan fingerprint density at radius 1 is 1.40 bits per heavy atom. The van der Waals surface area contributed by atoms with Gasteiger partial charge in [0.05, 0.1) is 5.92 Å². The molecule has 2 heterocycles. The topological polar surface area (TPSA) is 29.5 Å². The first-order chi connectivity index (χ1) is 9.26. The highest BCUT2D eigenvalue weighted by Gasteiger charge is 2.56. The first-order valence-corrected chi connectivity index (χ1v) is 7.27. The van der Waals surface area contributed by atoms with E-state index in [2.05, 4.69) is 0 Å². The number of amides is 1. The van der Waals surface area contributed by atoms with Crippen molar-refractivity contribution in [3.05, 3.63) is 0 Å². The number of nitrogens with zero attached hydrogens (tertiary/aromatic N) is 1. The molecule has 0 radical (unpaired) electrons. The maximum absolute atomic E-state index is 13.3. The molecule has 1 spiro atoms. The second-order valence-corrected chi connectivity index (χ2v) is 6.39. The normalized spacial score (nSPS) is 28.4. The first-order valence-electron chi connectivity index (χ1n) is 6.83. The molecule has 0 N–H and O–H groups in total. The molecule has 2 aliphatic heterocycles. The van der Waals surface area contributed by atoms with Crippen LogP contribution in [0.25, 0.3) is 0 Å². The van der Waals surface area contributed by atoms with Crippen molar-refractivity contribution in [2.24, 2.45) is 11.3 Å². The predicted octanol–water partition coefficient (Wildman–Crippen LogP) is 2.82. The molecule has 1 amide bonds. The van der Waals surface area contributed by atoms with E-state index in [1.165, 1.54) is 4.90 Å². The average molecular weight is 314 g/mol. The molecule has 2 rings (SSSR count). The average Bonchev–Trinajstić information content (AvgIpc) is 2.37. The smallest absolute Gasteiger partial charge is 0.381 e. The number of alkyl halides is 4. The van der Waals surface area contributed by atoms with Crippen LogP contribution < -0.4 is 0 Å². The molecule has 0 aromatic rings. The van der Waals surface area contributed by atoms with Crippen molar-refractivity contribution in [1.82, 2.24) is 4.90 Å². The molecule has 0 bridgehead atoms. The molecule has 2 atom stereocenters. The van der Waals surface area contributed by atoms with Crippen LogP contribution in [0.4, 0.5) is 13.2 Å². The minimum Gasteiger partial charge on any atom is -0.381 e. The molecule has 2 unspecified atom stereocenters. The van der Waals surface area contributed by atoms with Crippen molar-refractivity contribution in [1.29, 1.82) is 0 Å². The summed E-state index contributed by atoms with van der Waals surface area (Å²) in [7, 11) is 0. The number of hydrogen-bond acceptors (Lipinski definition) is 2. The summed E-state index contributed by atoms with van der Waals surface area (Å²) in [6.07, 6.45) is -3.58. The van der Waals surface area contributed by atoms with E-state index in [1.54, 1.807) is 6.92 Å². The van der Waals surface area contributed by atoms with Crippen molar-refractivity contribution >= 4 is 17.5 Å². The van der Waals surface area contributed by atoms with Gasteiger partial charge >= 0.3 is 6.18 Å². The fourth-order valence-corrected chi connectivity index (χ4v) is 3.53. The van der Waals surface area contributed by atoms with E-state index in [1.807, 2.05) is 0 Å². The van der Waals surface area contributed by atoms with Gasteiger partial charge in [0.25, 0.3) is 0 Å². The summed E-state index contributed by atoms with van der Waals surface area (Å²) in [5.41, 5.74) is -0.907. The highest BCUT2D eigenvalue weighted by atomic mass is 35.5. The Hall–Kier alpha value is -0.490. The maximum Gasteiger partial charge on any atom is 0.392 e. The lowest BCUT2D eigenvalue weighted by Gasteiger charge is -2.50. The van der Waals surface area contributed by atoms with Crippen molar-refractivity contribution in [3.8, 4) is 0 Å². The van der Waals surface area contributed by atoms with E-state index in [0.29, 0.717) is 26.1 Å². The Balaban J connectivity index is 2.21. The van der Waals surface area contributed by atoms with Crippen LogP contribution >= 0.6 is 11.6 Å². The number of ether oxygens (including phenoxy) is 1. The summed E-state index contributed by atoms with van der Waals surface area (Å²) < 4.78 is 45.1. The quantitative estimate of drug-likeness (QED) is 0.697. The molecule has 0 aromatic carbocycles. The van der Waals surface area contributed by atoms with Gasteiger partial charge in [-0.05, 0) is 26.2 Å². The van der Waals surface area contributed by atoms with Crippen LogP contribution in [0.3, 0.4) is 0 Å². The lowest BCUT2D eigenvalue weighted by Crippen LogP contribution is -2.57. The van der Waals surface area contributed by atoms with Gasteiger partial charge < -0.3 is 9.64 Å². The fraction of sp³-hybridized carbons (Fsp3) is 0.923. The van der Waals surface area contributed by atoms with Crippen LogP contribution in [-0.4, -0.2) is 48.7 Å². The molecule has 20 heavy (non-hydrogen) atoms. The lowest BCUT2D eigenvalue weighted by molar-refractivity contribution is -0.235. The summed E-state index contributed by atoms with van der Waals surface area (Å²) in [5.74, 6) is -1.63. The second-order valence-electron chi connectivity index (χ2n) is 5.73. The van der Waals surface area contributed by atoms with Gasteiger partial charge in [-0.15, -0.1) is 11.6 Å². The number of likely N-dealkylation sites (tertiary alicyclic amines) is 1. The van der Waals surface area contributed by atoms with Gasteiger partial charge in [-0.2, -0.15) is 13.2 Å². The van der Waals surface area contributed by atoms with Crippen molar-refractivity contribution in [3.63, 3.8) is 0 Å². The third-order valence-corrected chi connectivity index (χ3v) is 4.65. The second kappa shape index (κ2) is 5.72. The number of piperidine rings is 1. The Labute approximate surface area is 121 Å². The summed E-state index contributed by atoms with van der Waals surface area (Å²) in [5, 5.41) is -0.700. The SMILES string of the molecule is CC(Cl)C(=O)N1CCC(C(F)(F)F)C2(CCOCC2)C1. The first kappa shape index (κ1) is 15.9. The minimum atomic E-state index is -4.22. The molecule has 0 aromatic heterocycles. The van der Waals surface area contributed by atoms with Gasteiger partial charge in [0.2, 0.25) is 5.91 Å². The molecule has 2 saturated heterocycles. The van der Waals surface area contributed by atoms with Crippen LogP contribution in [0.2, 0.25) is 0 Å². The third-order valence-electron chi connectivity index (χ3n) is 4.47.